The fourth-order valence-corrected chi connectivity index (χ4v) is 4.56. The number of ether oxygens (including phenoxy) is 1. The zero-order valence-electron chi connectivity index (χ0n) is 14.6. The molecule has 0 saturated carbocycles. The molecule has 2 aromatic rings. The van der Waals surface area contributed by atoms with E-state index in [-0.39, 0.29) is 43.6 Å². The van der Waals surface area contributed by atoms with Crippen molar-refractivity contribution in [1.82, 2.24) is 9.21 Å². The van der Waals surface area contributed by atoms with Crippen molar-refractivity contribution in [3.8, 4) is 5.75 Å². The van der Waals surface area contributed by atoms with Gasteiger partial charge in [0.1, 0.15) is 11.6 Å². The molecule has 1 saturated heterocycles. The van der Waals surface area contributed by atoms with E-state index in [4.69, 9.17) is 27.9 Å². The second-order valence-corrected chi connectivity index (χ2v) is 8.89. The number of carbonyl (C=O) groups excluding carboxylic acids is 1. The van der Waals surface area contributed by atoms with Crippen LogP contribution in [0, 0.1) is 5.82 Å². The minimum atomic E-state index is -3.81. The number of piperazine rings is 1. The molecule has 1 heterocycles. The number of rotatable bonds is 5. The van der Waals surface area contributed by atoms with Crippen LogP contribution in [0.15, 0.2) is 47.4 Å². The van der Waals surface area contributed by atoms with E-state index >= 15 is 0 Å². The van der Waals surface area contributed by atoms with Crippen molar-refractivity contribution in [3.05, 3.63) is 58.3 Å². The zero-order chi connectivity index (χ0) is 20.3. The molecule has 3 rings (SSSR count). The van der Waals surface area contributed by atoms with Crippen molar-refractivity contribution in [3.63, 3.8) is 0 Å². The Hall–Kier alpha value is -1.87. The Morgan fingerprint density at radius 2 is 1.79 bits per heavy atom. The third-order valence-electron chi connectivity index (χ3n) is 4.27. The number of nitrogens with zero attached hydrogens (tertiary/aromatic N) is 2. The summed E-state index contributed by atoms with van der Waals surface area (Å²) in [6, 6.07) is 9.55. The summed E-state index contributed by atoms with van der Waals surface area (Å²) in [5, 5.41) is 0.770. The quantitative estimate of drug-likeness (QED) is 0.707. The van der Waals surface area contributed by atoms with Gasteiger partial charge in [-0.25, -0.2) is 12.8 Å². The normalized spacial score (nSPS) is 15.5. The molecule has 0 radical (unpaired) electrons. The Morgan fingerprint density at radius 3 is 2.46 bits per heavy atom. The van der Waals surface area contributed by atoms with Crippen LogP contribution in [0.25, 0.3) is 0 Å². The van der Waals surface area contributed by atoms with Gasteiger partial charge in [0.2, 0.25) is 10.0 Å². The minimum absolute atomic E-state index is 0.105. The Kier molecular flexibility index (Phi) is 6.44. The average Bonchev–Trinajstić information content (AvgIpc) is 2.68. The van der Waals surface area contributed by atoms with Crippen molar-refractivity contribution >= 4 is 39.1 Å². The molecule has 1 fully saturated rings. The van der Waals surface area contributed by atoms with E-state index in [0.717, 1.165) is 6.07 Å². The highest BCUT2D eigenvalue weighted by Gasteiger charge is 2.30. The SMILES string of the molecule is O=C(COc1cc(Cl)ccc1Cl)N1CCN(S(=O)(=O)c2cccc(F)c2)CC1. The van der Waals surface area contributed by atoms with Gasteiger partial charge in [0.25, 0.3) is 5.91 Å². The average molecular weight is 447 g/mol. The molecule has 10 heteroatoms. The van der Waals surface area contributed by atoms with Crippen LogP contribution in [0.4, 0.5) is 4.39 Å². The number of benzene rings is 2. The highest BCUT2D eigenvalue weighted by Crippen LogP contribution is 2.27. The van der Waals surface area contributed by atoms with E-state index < -0.39 is 15.8 Å². The van der Waals surface area contributed by atoms with Gasteiger partial charge < -0.3 is 9.64 Å². The van der Waals surface area contributed by atoms with Crippen LogP contribution in [0.1, 0.15) is 0 Å². The Balaban J connectivity index is 1.57. The first-order chi connectivity index (χ1) is 13.3. The van der Waals surface area contributed by atoms with E-state index in [1.165, 1.54) is 33.5 Å². The molecule has 1 amide bonds. The standard InChI is InChI=1S/C18H17Cl2FN2O4S/c19-13-4-5-16(20)17(10-13)27-12-18(24)22-6-8-23(9-7-22)28(25,26)15-3-1-2-14(21)11-15/h1-5,10-11H,6-9,12H2. The first kappa shape index (κ1) is 20.9. The monoisotopic (exact) mass is 446 g/mol. The van der Waals surface area contributed by atoms with Crippen LogP contribution in [0.3, 0.4) is 0 Å². The van der Waals surface area contributed by atoms with E-state index in [1.807, 2.05) is 0 Å². The summed E-state index contributed by atoms with van der Waals surface area (Å²) in [5.41, 5.74) is 0. The number of hydrogen-bond acceptors (Lipinski definition) is 4. The molecule has 0 unspecified atom stereocenters. The van der Waals surface area contributed by atoms with E-state index in [1.54, 1.807) is 12.1 Å². The molecule has 0 bridgehead atoms. The van der Waals surface area contributed by atoms with Crippen molar-refractivity contribution in [2.24, 2.45) is 0 Å². The van der Waals surface area contributed by atoms with Gasteiger partial charge in [-0.3, -0.25) is 4.79 Å². The first-order valence-electron chi connectivity index (χ1n) is 8.39. The summed E-state index contributed by atoms with van der Waals surface area (Å²) < 4.78 is 45.2. The highest BCUT2D eigenvalue weighted by molar-refractivity contribution is 7.89. The Bertz CT molecular complexity index is 979. The van der Waals surface area contributed by atoms with Gasteiger partial charge in [0, 0.05) is 37.3 Å². The van der Waals surface area contributed by atoms with E-state index in [2.05, 4.69) is 0 Å². The first-order valence-corrected chi connectivity index (χ1v) is 10.6. The number of hydrogen-bond donors (Lipinski definition) is 0. The largest absolute Gasteiger partial charge is 0.482 e. The summed E-state index contributed by atoms with van der Waals surface area (Å²) in [7, 11) is -3.81. The van der Waals surface area contributed by atoms with Gasteiger partial charge >= 0.3 is 0 Å². The molecular weight excluding hydrogens is 430 g/mol. The molecule has 1 aliphatic heterocycles. The summed E-state index contributed by atoms with van der Waals surface area (Å²) in [6.45, 7) is 0.405. The maximum atomic E-state index is 13.3. The van der Waals surface area contributed by atoms with Crippen molar-refractivity contribution in [2.75, 3.05) is 32.8 Å². The molecule has 0 atom stereocenters. The molecular formula is C18H17Cl2FN2O4S. The highest BCUT2D eigenvalue weighted by atomic mass is 35.5. The maximum absolute atomic E-state index is 13.3. The Morgan fingerprint density at radius 1 is 1.07 bits per heavy atom. The lowest BCUT2D eigenvalue weighted by molar-refractivity contribution is -0.134. The molecule has 28 heavy (non-hydrogen) atoms. The molecule has 6 nitrogen and oxygen atoms in total. The van der Waals surface area contributed by atoms with E-state index in [9.17, 15) is 17.6 Å². The molecule has 0 spiro atoms. The molecule has 150 valence electrons. The van der Waals surface area contributed by atoms with Crippen molar-refractivity contribution in [1.29, 1.82) is 0 Å². The van der Waals surface area contributed by atoms with Gasteiger partial charge in [-0.1, -0.05) is 29.3 Å². The van der Waals surface area contributed by atoms with Crippen LogP contribution in [-0.2, 0) is 14.8 Å². The molecule has 2 aromatic carbocycles. The lowest BCUT2D eigenvalue weighted by Gasteiger charge is -2.34. The molecule has 0 N–H and O–H groups in total. The lowest BCUT2D eigenvalue weighted by Crippen LogP contribution is -2.51. The van der Waals surface area contributed by atoms with Crippen molar-refractivity contribution < 1.29 is 22.3 Å². The summed E-state index contributed by atoms with van der Waals surface area (Å²) >= 11 is 11.9. The van der Waals surface area contributed by atoms with Crippen LogP contribution in [0.2, 0.25) is 10.0 Å². The fraction of sp³-hybridized carbons (Fsp3) is 0.278. The summed E-state index contributed by atoms with van der Waals surface area (Å²) in [4.78, 5) is 13.8. The maximum Gasteiger partial charge on any atom is 0.260 e. The lowest BCUT2D eigenvalue weighted by atomic mass is 10.3. The second kappa shape index (κ2) is 8.65. The van der Waals surface area contributed by atoms with Crippen LogP contribution >= 0.6 is 23.2 Å². The van der Waals surface area contributed by atoms with Gasteiger partial charge in [-0.2, -0.15) is 4.31 Å². The molecule has 0 aliphatic carbocycles. The number of sulfonamides is 1. The van der Waals surface area contributed by atoms with Gasteiger partial charge in [-0.05, 0) is 30.3 Å². The second-order valence-electron chi connectivity index (χ2n) is 6.11. The van der Waals surface area contributed by atoms with E-state index in [0.29, 0.717) is 15.8 Å². The summed E-state index contributed by atoms with van der Waals surface area (Å²) in [6.07, 6.45) is 0. The predicted octanol–water partition coefficient (Wildman–Crippen LogP) is 3.04. The number of halogens is 3. The van der Waals surface area contributed by atoms with Crippen LogP contribution in [-0.4, -0.2) is 56.3 Å². The number of carbonyl (C=O) groups is 1. The smallest absolute Gasteiger partial charge is 0.260 e. The van der Waals surface area contributed by atoms with Crippen LogP contribution in [0.5, 0.6) is 5.75 Å². The van der Waals surface area contributed by atoms with Gasteiger partial charge in [0.05, 0.1) is 9.92 Å². The summed E-state index contributed by atoms with van der Waals surface area (Å²) in [5.74, 6) is -0.611. The topological polar surface area (TPSA) is 66.9 Å². The van der Waals surface area contributed by atoms with Crippen LogP contribution < -0.4 is 4.74 Å². The Labute approximate surface area is 172 Å². The third kappa shape index (κ3) is 4.75. The fourth-order valence-electron chi connectivity index (χ4n) is 2.77. The predicted molar refractivity (Wildman–Crippen MR) is 104 cm³/mol. The molecule has 1 aliphatic rings. The van der Waals surface area contributed by atoms with Crippen molar-refractivity contribution in [2.45, 2.75) is 4.90 Å². The molecule has 0 aromatic heterocycles. The zero-order valence-corrected chi connectivity index (χ0v) is 17.0. The minimum Gasteiger partial charge on any atom is -0.482 e. The number of amides is 1. The van der Waals surface area contributed by atoms with Gasteiger partial charge in [-0.15, -0.1) is 0 Å². The third-order valence-corrected chi connectivity index (χ3v) is 6.71. The van der Waals surface area contributed by atoms with Gasteiger partial charge in [0.15, 0.2) is 6.61 Å².